The third kappa shape index (κ3) is 1.81. The summed E-state index contributed by atoms with van der Waals surface area (Å²) >= 11 is 0. The first-order valence-corrected chi connectivity index (χ1v) is 7.70. The Labute approximate surface area is 128 Å². The fourth-order valence-electron chi connectivity index (χ4n) is 4.03. The highest BCUT2D eigenvalue weighted by Gasteiger charge is 2.55. The van der Waals surface area contributed by atoms with E-state index < -0.39 is 0 Å². The monoisotopic (exact) mass is 301 g/mol. The second-order valence-electron chi connectivity index (χ2n) is 6.49. The van der Waals surface area contributed by atoms with Gasteiger partial charge in [-0.15, -0.1) is 0 Å². The Morgan fingerprint density at radius 1 is 1.50 bits per heavy atom. The molecule has 4 rings (SSSR count). The van der Waals surface area contributed by atoms with Crippen molar-refractivity contribution in [2.45, 2.75) is 38.5 Å². The summed E-state index contributed by atoms with van der Waals surface area (Å²) in [6.07, 6.45) is 4.87. The maximum Gasteiger partial charge on any atom is 0.257 e. The highest BCUT2D eigenvalue weighted by molar-refractivity contribution is 5.95. The van der Waals surface area contributed by atoms with E-state index in [1.54, 1.807) is 6.20 Å². The van der Waals surface area contributed by atoms with Crippen LogP contribution in [0.15, 0.2) is 10.7 Å². The average molecular weight is 301 g/mol. The molecule has 2 atom stereocenters. The van der Waals surface area contributed by atoms with Crippen LogP contribution in [0.4, 0.5) is 0 Å². The van der Waals surface area contributed by atoms with Gasteiger partial charge in [0.15, 0.2) is 5.82 Å². The van der Waals surface area contributed by atoms with E-state index in [0.717, 1.165) is 31.5 Å². The van der Waals surface area contributed by atoms with E-state index in [2.05, 4.69) is 20.3 Å². The van der Waals surface area contributed by atoms with Crippen molar-refractivity contribution in [1.82, 2.24) is 25.2 Å². The Morgan fingerprint density at radius 2 is 2.36 bits per heavy atom. The number of carbonyl (C=O) groups excluding carboxylic acids is 1. The minimum Gasteiger partial charge on any atom is -0.339 e. The lowest BCUT2D eigenvalue weighted by Crippen LogP contribution is -2.35. The van der Waals surface area contributed by atoms with Gasteiger partial charge in [-0.3, -0.25) is 9.89 Å². The Bertz CT molecular complexity index is 721. The van der Waals surface area contributed by atoms with Crippen LogP contribution in [0.2, 0.25) is 0 Å². The van der Waals surface area contributed by atoms with E-state index >= 15 is 0 Å². The summed E-state index contributed by atoms with van der Waals surface area (Å²) in [6, 6.07) is 0. The number of rotatable bonds is 2. The van der Waals surface area contributed by atoms with Crippen molar-refractivity contribution in [3.63, 3.8) is 0 Å². The second kappa shape index (κ2) is 4.66. The lowest BCUT2D eigenvalue weighted by molar-refractivity contribution is 0.0774. The van der Waals surface area contributed by atoms with Crippen LogP contribution in [0.5, 0.6) is 0 Å². The van der Waals surface area contributed by atoms with E-state index in [-0.39, 0.29) is 11.3 Å². The third-order valence-electron chi connectivity index (χ3n) is 5.17. The van der Waals surface area contributed by atoms with Gasteiger partial charge in [0, 0.05) is 18.8 Å². The van der Waals surface area contributed by atoms with Gasteiger partial charge in [-0.1, -0.05) is 11.6 Å². The van der Waals surface area contributed by atoms with E-state index in [1.807, 2.05) is 18.7 Å². The molecule has 0 spiro atoms. The number of fused-ring (bicyclic) bond motifs is 1. The molecule has 1 aliphatic carbocycles. The molecule has 0 unspecified atom stereocenters. The number of nitrogens with one attached hydrogen (secondary N) is 1. The normalized spacial score (nSPS) is 27.4. The van der Waals surface area contributed by atoms with E-state index in [9.17, 15) is 4.79 Å². The Kier molecular flexibility index (Phi) is 2.85. The highest BCUT2D eigenvalue weighted by atomic mass is 16.5. The zero-order chi connectivity index (χ0) is 15.3. The van der Waals surface area contributed by atoms with Crippen LogP contribution in [-0.4, -0.2) is 44.2 Å². The Balaban J connectivity index is 1.65. The van der Waals surface area contributed by atoms with Gasteiger partial charge in [-0.05, 0) is 32.6 Å². The molecule has 2 aromatic heterocycles. The molecule has 0 radical (unpaired) electrons. The molecule has 7 heteroatoms. The quantitative estimate of drug-likeness (QED) is 0.910. The van der Waals surface area contributed by atoms with Crippen molar-refractivity contribution in [2.24, 2.45) is 5.92 Å². The number of nitrogens with zero attached hydrogens (tertiary/aromatic N) is 4. The summed E-state index contributed by atoms with van der Waals surface area (Å²) in [7, 11) is 0. The van der Waals surface area contributed by atoms with Crippen LogP contribution < -0.4 is 0 Å². The maximum absolute atomic E-state index is 12.7. The van der Waals surface area contributed by atoms with Crippen molar-refractivity contribution in [2.75, 3.05) is 13.1 Å². The zero-order valence-electron chi connectivity index (χ0n) is 12.8. The highest BCUT2D eigenvalue weighted by Crippen LogP contribution is 2.50. The molecule has 22 heavy (non-hydrogen) atoms. The number of carbonyl (C=O) groups is 1. The SMILES string of the molecule is Cc1noc([C@]23CCC[C@H]2CN(C(=O)c2cn[nH]c2C)C3)n1. The summed E-state index contributed by atoms with van der Waals surface area (Å²) in [5.74, 6) is 1.80. The van der Waals surface area contributed by atoms with Gasteiger partial charge in [-0.25, -0.2) is 0 Å². The molecule has 116 valence electrons. The van der Waals surface area contributed by atoms with Gasteiger partial charge < -0.3 is 9.42 Å². The first-order chi connectivity index (χ1) is 10.6. The van der Waals surface area contributed by atoms with Crippen LogP contribution >= 0.6 is 0 Å². The summed E-state index contributed by atoms with van der Waals surface area (Å²) in [6.45, 7) is 5.11. The van der Waals surface area contributed by atoms with Crippen molar-refractivity contribution < 1.29 is 9.32 Å². The van der Waals surface area contributed by atoms with E-state index in [1.165, 1.54) is 0 Å². The predicted octanol–water partition coefficient (Wildman–Crippen LogP) is 1.60. The van der Waals surface area contributed by atoms with Crippen LogP contribution in [0, 0.1) is 19.8 Å². The average Bonchev–Trinajstić information content (AvgIpc) is 3.19. The van der Waals surface area contributed by atoms with Crippen LogP contribution in [0.1, 0.15) is 47.0 Å². The first kappa shape index (κ1) is 13.5. The standard InChI is InChI=1S/C15H19N5O2/c1-9-12(6-16-18-9)13(21)20-7-11-4-3-5-15(11,8-20)14-17-10(2)19-22-14/h6,11H,3-5,7-8H2,1-2H3,(H,16,18)/t11-,15-/m0/s1. The molecule has 7 nitrogen and oxygen atoms in total. The molecular formula is C15H19N5O2. The van der Waals surface area contributed by atoms with Crippen LogP contribution in [0.25, 0.3) is 0 Å². The number of aromatic nitrogens is 4. The van der Waals surface area contributed by atoms with Crippen molar-refractivity contribution in [1.29, 1.82) is 0 Å². The summed E-state index contributed by atoms with van der Waals surface area (Å²) < 4.78 is 5.48. The van der Waals surface area contributed by atoms with Crippen LogP contribution in [-0.2, 0) is 5.41 Å². The maximum atomic E-state index is 12.7. The zero-order valence-corrected chi connectivity index (χ0v) is 12.8. The van der Waals surface area contributed by atoms with Crippen molar-refractivity contribution >= 4 is 5.91 Å². The topological polar surface area (TPSA) is 87.9 Å². The molecule has 1 saturated carbocycles. The molecule has 2 fully saturated rings. The third-order valence-corrected chi connectivity index (χ3v) is 5.17. The van der Waals surface area contributed by atoms with Crippen molar-refractivity contribution in [3.8, 4) is 0 Å². The minimum atomic E-state index is -0.158. The molecule has 1 aliphatic heterocycles. The predicted molar refractivity (Wildman–Crippen MR) is 77.3 cm³/mol. The number of hydrogen-bond donors (Lipinski definition) is 1. The van der Waals surface area contributed by atoms with Gasteiger partial charge in [0.25, 0.3) is 5.91 Å². The lowest BCUT2D eigenvalue weighted by atomic mass is 9.80. The fourth-order valence-corrected chi connectivity index (χ4v) is 4.03. The van der Waals surface area contributed by atoms with Crippen molar-refractivity contribution in [3.05, 3.63) is 29.2 Å². The van der Waals surface area contributed by atoms with Gasteiger partial charge in [-0.2, -0.15) is 10.1 Å². The smallest absolute Gasteiger partial charge is 0.257 e. The number of aromatic amines is 1. The number of amides is 1. The molecule has 2 aliphatic rings. The molecule has 1 saturated heterocycles. The Hall–Kier alpha value is -2.18. The molecule has 1 amide bonds. The second-order valence-corrected chi connectivity index (χ2v) is 6.49. The minimum absolute atomic E-state index is 0.0382. The molecule has 3 heterocycles. The van der Waals surface area contributed by atoms with Crippen LogP contribution in [0.3, 0.4) is 0 Å². The first-order valence-electron chi connectivity index (χ1n) is 7.70. The van der Waals surface area contributed by atoms with Gasteiger partial charge in [0.1, 0.15) is 0 Å². The summed E-state index contributed by atoms with van der Waals surface area (Å²) in [5.41, 5.74) is 1.30. The summed E-state index contributed by atoms with van der Waals surface area (Å²) in [4.78, 5) is 19.1. The number of hydrogen-bond acceptors (Lipinski definition) is 5. The fraction of sp³-hybridized carbons (Fsp3) is 0.600. The molecule has 1 N–H and O–H groups in total. The molecule has 0 aromatic carbocycles. The van der Waals surface area contributed by atoms with E-state index in [0.29, 0.717) is 29.7 Å². The van der Waals surface area contributed by atoms with Gasteiger partial charge >= 0.3 is 0 Å². The lowest BCUT2D eigenvalue weighted by Gasteiger charge is -2.24. The molecule has 2 aromatic rings. The Morgan fingerprint density at radius 3 is 3.05 bits per heavy atom. The van der Waals surface area contributed by atoms with Gasteiger partial charge in [0.05, 0.1) is 17.2 Å². The van der Waals surface area contributed by atoms with E-state index in [4.69, 9.17) is 4.52 Å². The summed E-state index contributed by atoms with van der Waals surface area (Å²) in [5, 5.41) is 10.7. The number of H-pyrrole nitrogens is 1. The number of aryl methyl sites for hydroxylation is 2. The van der Waals surface area contributed by atoms with Gasteiger partial charge in [0.2, 0.25) is 5.89 Å². The molecule has 0 bridgehead atoms. The number of likely N-dealkylation sites (tertiary alicyclic amines) is 1. The largest absolute Gasteiger partial charge is 0.339 e. The molecular weight excluding hydrogens is 282 g/mol.